The van der Waals surface area contributed by atoms with Gasteiger partial charge < -0.3 is 19.9 Å². The third-order valence-corrected chi connectivity index (χ3v) is 6.53. The first-order valence-corrected chi connectivity index (χ1v) is 12.5. The van der Waals surface area contributed by atoms with E-state index in [9.17, 15) is 18.0 Å². The predicted octanol–water partition coefficient (Wildman–Crippen LogP) is 5.46. The monoisotopic (exact) mass is 529 g/mol. The third kappa shape index (κ3) is 6.90. The van der Waals surface area contributed by atoms with Gasteiger partial charge in [-0.25, -0.2) is 14.8 Å². The van der Waals surface area contributed by atoms with Crippen LogP contribution in [0.15, 0.2) is 42.9 Å². The molecule has 1 aliphatic heterocycles. The van der Waals surface area contributed by atoms with Crippen LogP contribution in [0.3, 0.4) is 0 Å². The summed E-state index contributed by atoms with van der Waals surface area (Å²) in [7, 11) is 0. The molecule has 1 aliphatic carbocycles. The van der Waals surface area contributed by atoms with E-state index in [0.717, 1.165) is 53.5 Å². The van der Waals surface area contributed by atoms with Crippen LogP contribution in [0.25, 0.3) is 11.1 Å². The maximum atomic E-state index is 13.2. The number of nitrogens with zero attached hydrogens (tertiary/aromatic N) is 4. The highest BCUT2D eigenvalue weighted by atomic mass is 19.4. The van der Waals surface area contributed by atoms with E-state index < -0.39 is 12.1 Å². The Hall–Kier alpha value is -3.89. The van der Waals surface area contributed by atoms with E-state index in [1.54, 1.807) is 0 Å². The smallest absolute Gasteiger partial charge is 0.475 e. The van der Waals surface area contributed by atoms with Crippen molar-refractivity contribution >= 4 is 23.5 Å². The SMILES string of the molecule is Cc1ccc(C)c(NC(=O)c2cc(-c3cnc(N4CCCC4)nc3)cn2CC2CC2)c1.O=C(O)C(F)(F)F. The molecular formula is C27H30F3N5O3. The van der Waals surface area contributed by atoms with Gasteiger partial charge in [0.15, 0.2) is 0 Å². The zero-order valence-corrected chi connectivity index (χ0v) is 21.3. The topological polar surface area (TPSA) is 100 Å². The minimum atomic E-state index is -5.08. The van der Waals surface area contributed by atoms with Crippen LogP contribution in [0.2, 0.25) is 0 Å². The summed E-state index contributed by atoms with van der Waals surface area (Å²) in [6, 6.07) is 8.09. The van der Waals surface area contributed by atoms with Crippen molar-refractivity contribution in [3.05, 3.63) is 59.7 Å². The fourth-order valence-electron chi connectivity index (χ4n) is 4.20. The minimum absolute atomic E-state index is 0.0739. The highest BCUT2D eigenvalue weighted by molar-refractivity contribution is 6.04. The molecule has 0 spiro atoms. The van der Waals surface area contributed by atoms with Gasteiger partial charge in [0, 0.05) is 55.0 Å². The van der Waals surface area contributed by atoms with E-state index in [2.05, 4.69) is 37.0 Å². The highest BCUT2D eigenvalue weighted by Crippen LogP contribution is 2.33. The van der Waals surface area contributed by atoms with Crippen molar-refractivity contribution < 1.29 is 27.9 Å². The number of carbonyl (C=O) groups is 2. The van der Waals surface area contributed by atoms with E-state index in [-0.39, 0.29) is 5.91 Å². The fourth-order valence-corrected chi connectivity index (χ4v) is 4.20. The average Bonchev–Trinajstić information content (AvgIpc) is 3.33. The van der Waals surface area contributed by atoms with E-state index >= 15 is 0 Å². The molecule has 0 atom stereocenters. The lowest BCUT2D eigenvalue weighted by molar-refractivity contribution is -0.192. The first-order valence-electron chi connectivity index (χ1n) is 12.5. The van der Waals surface area contributed by atoms with Gasteiger partial charge in [-0.05, 0) is 68.7 Å². The van der Waals surface area contributed by atoms with E-state index in [4.69, 9.17) is 9.90 Å². The molecule has 3 aromatic rings. The van der Waals surface area contributed by atoms with E-state index in [1.165, 1.54) is 25.7 Å². The number of halogens is 3. The van der Waals surface area contributed by atoms with E-state index in [0.29, 0.717) is 11.6 Å². The summed E-state index contributed by atoms with van der Waals surface area (Å²) < 4.78 is 33.8. The van der Waals surface area contributed by atoms with Crippen LogP contribution in [0.1, 0.15) is 47.3 Å². The minimum Gasteiger partial charge on any atom is -0.475 e. The Bertz CT molecular complexity index is 1290. The Morgan fingerprint density at radius 1 is 1.05 bits per heavy atom. The number of aryl methyl sites for hydroxylation is 2. The lowest BCUT2D eigenvalue weighted by Crippen LogP contribution is -2.21. The van der Waals surface area contributed by atoms with Crippen LogP contribution in [-0.4, -0.2) is 50.8 Å². The maximum Gasteiger partial charge on any atom is 0.490 e. The van der Waals surface area contributed by atoms with Gasteiger partial charge in [0.05, 0.1) is 0 Å². The zero-order chi connectivity index (χ0) is 27.4. The molecule has 0 unspecified atom stereocenters. The van der Waals surface area contributed by atoms with E-state index in [1.807, 2.05) is 44.4 Å². The van der Waals surface area contributed by atoms with Crippen LogP contribution < -0.4 is 10.2 Å². The largest absolute Gasteiger partial charge is 0.490 e. The Kier molecular flexibility index (Phi) is 8.03. The third-order valence-electron chi connectivity index (χ3n) is 6.53. The lowest BCUT2D eigenvalue weighted by atomic mass is 10.1. The van der Waals surface area contributed by atoms with Crippen molar-refractivity contribution in [1.29, 1.82) is 0 Å². The molecule has 2 fully saturated rings. The van der Waals surface area contributed by atoms with Gasteiger partial charge >= 0.3 is 12.1 Å². The molecule has 5 rings (SSSR count). The number of aliphatic carboxylic acids is 1. The van der Waals surface area contributed by atoms with Crippen LogP contribution >= 0.6 is 0 Å². The van der Waals surface area contributed by atoms with Crippen LogP contribution in [-0.2, 0) is 11.3 Å². The number of carbonyl (C=O) groups excluding carboxylic acids is 1. The predicted molar refractivity (Wildman–Crippen MR) is 137 cm³/mol. The normalized spacial score (nSPS) is 15.1. The second-order valence-corrected chi connectivity index (χ2v) is 9.75. The number of benzene rings is 1. The Morgan fingerprint density at radius 3 is 2.26 bits per heavy atom. The second kappa shape index (κ2) is 11.2. The number of hydrogen-bond acceptors (Lipinski definition) is 5. The van der Waals surface area contributed by atoms with Crippen LogP contribution in [0, 0.1) is 19.8 Å². The summed E-state index contributed by atoms with van der Waals surface area (Å²) in [4.78, 5) is 33.5. The molecule has 8 nitrogen and oxygen atoms in total. The van der Waals surface area contributed by atoms with Crippen LogP contribution in [0.5, 0.6) is 0 Å². The van der Waals surface area contributed by atoms with Gasteiger partial charge in [-0.15, -0.1) is 0 Å². The molecule has 2 N–H and O–H groups in total. The van der Waals surface area contributed by atoms with Gasteiger partial charge in [0.25, 0.3) is 5.91 Å². The fraction of sp³-hybridized carbons (Fsp3) is 0.407. The standard InChI is InChI=1S/C25H29N5O.C2HF3O2/c1-17-5-6-18(2)22(11-17)28-24(31)23-12-20(16-30(23)15-19-7-8-19)21-13-26-25(27-14-21)29-9-3-4-10-29;3-2(4,5)1(6)7/h5-6,11-14,16,19H,3-4,7-10,15H2,1-2H3,(H,28,31);(H,6,7). The van der Waals surface area contributed by atoms with Crippen molar-refractivity contribution in [1.82, 2.24) is 14.5 Å². The van der Waals surface area contributed by atoms with Crippen molar-refractivity contribution in [2.45, 2.75) is 52.3 Å². The molecule has 1 aromatic carbocycles. The van der Waals surface area contributed by atoms with Gasteiger partial charge in [-0.1, -0.05) is 12.1 Å². The van der Waals surface area contributed by atoms with Gasteiger partial charge in [0.1, 0.15) is 5.69 Å². The lowest BCUT2D eigenvalue weighted by Gasteiger charge is -2.14. The molecule has 1 amide bonds. The van der Waals surface area contributed by atoms with Gasteiger partial charge in [0.2, 0.25) is 5.95 Å². The Balaban J connectivity index is 0.000000426. The van der Waals surface area contributed by atoms with Crippen LogP contribution in [0.4, 0.5) is 24.8 Å². The zero-order valence-electron chi connectivity index (χ0n) is 21.3. The van der Waals surface area contributed by atoms with Crippen molar-refractivity contribution in [3.63, 3.8) is 0 Å². The number of carboxylic acids is 1. The van der Waals surface area contributed by atoms with Crippen molar-refractivity contribution in [2.75, 3.05) is 23.3 Å². The second-order valence-electron chi connectivity index (χ2n) is 9.75. The quantitative estimate of drug-likeness (QED) is 0.440. The van der Waals surface area contributed by atoms with Crippen molar-refractivity contribution in [3.8, 4) is 11.1 Å². The van der Waals surface area contributed by atoms with Gasteiger partial charge in [-0.2, -0.15) is 13.2 Å². The number of rotatable bonds is 6. The summed E-state index contributed by atoms with van der Waals surface area (Å²) >= 11 is 0. The number of carboxylic acid groups (broad SMARTS) is 1. The molecule has 11 heteroatoms. The number of hydrogen-bond donors (Lipinski definition) is 2. The Morgan fingerprint density at radius 2 is 1.68 bits per heavy atom. The number of nitrogens with one attached hydrogen (secondary N) is 1. The average molecular weight is 530 g/mol. The molecule has 2 aromatic heterocycles. The first kappa shape index (κ1) is 27.2. The number of aromatic nitrogens is 3. The highest BCUT2D eigenvalue weighted by Gasteiger charge is 2.38. The maximum absolute atomic E-state index is 13.2. The Labute approximate surface area is 218 Å². The molecule has 202 valence electrons. The van der Waals surface area contributed by atoms with Crippen molar-refractivity contribution in [2.24, 2.45) is 5.92 Å². The molecule has 38 heavy (non-hydrogen) atoms. The summed E-state index contributed by atoms with van der Waals surface area (Å²) in [6.07, 6.45) is 5.62. The summed E-state index contributed by atoms with van der Waals surface area (Å²) in [5.41, 5.74) is 5.67. The molecular weight excluding hydrogens is 499 g/mol. The summed E-state index contributed by atoms with van der Waals surface area (Å²) in [5.74, 6) is -1.37. The molecule has 1 saturated heterocycles. The summed E-state index contributed by atoms with van der Waals surface area (Å²) in [6.45, 7) is 6.99. The summed E-state index contributed by atoms with van der Waals surface area (Å²) in [5, 5.41) is 10.2. The number of alkyl halides is 3. The molecule has 0 bridgehead atoms. The number of anilines is 2. The molecule has 2 aliphatic rings. The first-order chi connectivity index (χ1) is 18.0. The van der Waals surface area contributed by atoms with Gasteiger partial charge in [-0.3, -0.25) is 4.79 Å². The molecule has 3 heterocycles. The molecule has 0 radical (unpaired) electrons. The molecule has 1 saturated carbocycles. The number of amides is 1.